The Morgan fingerprint density at radius 3 is 2.93 bits per heavy atom. The van der Waals surface area contributed by atoms with Gasteiger partial charge in [-0.15, -0.1) is 0 Å². The van der Waals surface area contributed by atoms with E-state index in [-0.39, 0.29) is 18.1 Å². The van der Waals surface area contributed by atoms with Crippen molar-refractivity contribution in [2.45, 2.75) is 52.2 Å². The molecule has 1 aliphatic heterocycles. The molecular weight excluding hydrogens is 370 g/mol. The van der Waals surface area contributed by atoms with Crippen molar-refractivity contribution in [1.82, 2.24) is 14.9 Å². The Bertz CT molecular complexity index is 909. The molecule has 0 spiro atoms. The second kappa shape index (κ2) is 9.80. The number of hydrogen-bond donors (Lipinski definition) is 2. The van der Waals surface area contributed by atoms with Gasteiger partial charge in [0.2, 0.25) is 0 Å². The fourth-order valence-corrected chi connectivity index (χ4v) is 3.58. The van der Waals surface area contributed by atoms with E-state index in [1.807, 2.05) is 30.0 Å². The zero-order valence-electron chi connectivity index (χ0n) is 17.1. The Morgan fingerprint density at radius 2 is 2.17 bits per heavy atom. The van der Waals surface area contributed by atoms with Crippen LogP contribution >= 0.6 is 0 Å². The van der Waals surface area contributed by atoms with Gasteiger partial charge in [0, 0.05) is 38.9 Å². The topological polar surface area (TPSA) is 95.5 Å². The van der Waals surface area contributed by atoms with Crippen molar-refractivity contribution < 1.29 is 14.6 Å². The number of aliphatic hydroxyl groups is 1. The molecule has 1 aromatic heterocycles. The van der Waals surface area contributed by atoms with Gasteiger partial charge in [-0.25, -0.2) is 4.98 Å². The largest absolute Gasteiger partial charge is 0.463 e. The number of aryl methyl sites for hydroxylation is 1. The highest BCUT2D eigenvalue weighted by atomic mass is 16.5. The van der Waals surface area contributed by atoms with E-state index in [1.165, 1.54) is 5.56 Å². The normalized spacial score (nSPS) is 15.0. The summed E-state index contributed by atoms with van der Waals surface area (Å²) in [6.07, 6.45) is 1.56. The molecule has 0 aliphatic carbocycles. The Balaban J connectivity index is 1.61. The molecule has 3 rings (SSSR count). The highest BCUT2D eigenvalue weighted by molar-refractivity contribution is 5.69. The van der Waals surface area contributed by atoms with Crippen molar-refractivity contribution in [1.29, 1.82) is 0 Å². The summed E-state index contributed by atoms with van der Waals surface area (Å²) in [4.78, 5) is 33.7. The van der Waals surface area contributed by atoms with Crippen LogP contribution in [0.5, 0.6) is 0 Å². The zero-order valence-corrected chi connectivity index (χ0v) is 17.1. The lowest BCUT2D eigenvalue weighted by Crippen LogP contribution is -2.41. The predicted octanol–water partition coefficient (Wildman–Crippen LogP) is 1.73. The molecule has 0 amide bonds. The summed E-state index contributed by atoms with van der Waals surface area (Å²) in [5.41, 5.74) is 3.69. The molecule has 1 aliphatic rings. The number of aromatic amines is 1. The molecule has 1 unspecified atom stereocenters. The molecule has 0 bridgehead atoms. The number of benzene rings is 1. The molecule has 156 valence electrons. The van der Waals surface area contributed by atoms with Gasteiger partial charge < -0.3 is 14.8 Å². The third-order valence-corrected chi connectivity index (χ3v) is 5.18. The van der Waals surface area contributed by atoms with E-state index in [2.05, 4.69) is 18.0 Å². The van der Waals surface area contributed by atoms with Gasteiger partial charge in [0.05, 0.1) is 11.3 Å². The fourth-order valence-electron chi connectivity index (χ4n) is 3.58. The standard InChI is InChI=1S/C22H29N3O4/c1-3-6-21(27)29-14-17(26)12-25-10-9-19-18(13-25)22(28)24-20(23-19)11-16-8-5-4-7-15(16)2/h4-5,7-8,17,26H,3,6,9-14H2,1-2H3,(H,23,24,28). The lowest BCUT2D eigenvalue weighted by Gasteiger charge is -2.29. The van der Waals surface area contributed by atoms with Crippen molar-refractivity contribution in [2.75, 3.05) is 19.7 Å². The number of H-pyrrole nitrogens is 1. The van der Waals surface area contributed by atoms with Gasteiger partial charge in [0.1, 0.15) is 18.5 Å². The second-order valence-electron chi connectivity index (χ2n) is 7.61. The number of aromatic nitrogens is 2. The molecule has 0 saturated carbocycles. The van der Waals surface area contributed by atoms with Crippen LogP contribution in [0.4, 0.5) is 0 Å². The zero-order chi connectivity index (χ0) is 20.8. The third-order valence-electron chi connectivity index (χ3n) is 5.18. The highest BCUT2D eigenvalue weighted by Crippen LogP contribution is 2.16. The molecule has 1 atom stereocenters. The smallest absolute Gasteiger partial charge is 0.305 e. The van der Waals surface area contributed by atoms with E-state index in [4.69, 9.17) is 9.72 Å². The number of β-amino-alcohol motifs (C(OH)–C–C–N with tert-alkyl or cyclic N) is 1. The van der Waals surface area contributed by atoms with Gasteiger partial charge in [-0.3, -0.25) is 14.5 Å². The summed E-state index contributed by atoms with van der Waals surface area (Å²) < 4.78 is 5.07. The first-order valence-corrected chi connectivity index (χ1v) is 10.2. The number of nitrogens with one attached hydrogen (secondary N) is 1. The number of ether oxygens (including phenoxy) is 1. The van der Waals surface area contributed by atoms with E-state index >= 15 is 0 Å². The predicted molar refractivity (Wildman–Crippen MR) is 110 cm³/mol. The van der Waals surface area contributed by atoms with Crippen LogP contribution in [0.2, 0.25) is 0 Å². The van der Waals surface area contributed by atoms with Crippen molar-refractivity contribution in [3.8, 4) is 0 Å². The number of fused-ring (bicyclic) bond motifs is 1. The minimum absolute atomic E-state index is 0.0217. The Labute approximate surface area is 170 Å². The maximum absolute atomic E-state index is 12.6. The average molecular weight is 399 g/mol. The first-order chi connectivity index (χ1) is 14.0. The first kappa shape index (κ1) is 21.2. The van der Waals surface area contributed by atoms with Gasteiger partial charge in [-0.1, -0.05) is 31.2 Å². The van der Waals surface area contributed by atoms with Crippen molar-refractivity contribution >= 4 is 5.97 Å². The van der Waals surface area contributed by atoms with Crippen LogP contribution in [0.3, 0.4) is 0 Å². The second-order valence-corrected chi connectivity index (χ2v) is 7.61. The van der Waals surface area contributed by atoms with E-state index in [0.29, 0.717) is 50.3 Å². The third kappa shape index (κ3) is 5.74. The highest BCUT2D eigenvalue weighted by Gasteiger charge is 2.23. The van der Waals surface area contributed by atoms with Gasteiger partial charge in [0.25, 0.3) is 5.56 Å². The molecule has 0 fully saturated rings. The molecule has 7 heteroatoms. The first-order valence-electron chi connectivity index (χ1n) is 10.2. The number of nitrogens with zero attached hydrogens (tertiary/aromatic N) is 2. The van der Waals surface area contributed by atoms with Crippen molar-refractivity contribution in [3.05, 3.63) is 62.8 Å². The van der Waals surface area contributed by atoms with Gasteiger partial charge in [-0.05, 0) is 24.5 Å². The summed E-state index contributed by atoms with van der Waals surface area (Å²) >= 11 is 0. The number of hydrogen-bond acceptors (Lipinski definition) is 6. The molecule has 0 saturated heterocycles. The quantitative estimate of drug-likeness (QED) is 0.657. The van der Waals surface area contributed by atoms with Crippen LogP contribution in [0.15, 0.2) is 29.1 Å². The van der Waals surface area contributed by atoms with Gasteiger partial charge in [0.15, 0.2) is 0 Å². The summed E-state index contributed by atoms with van der Waals surface area (Å²) in [5, 5.41) is 10.1. The van der Waals surface area contributed by atoms with E-state index in [1.54, 1.807) is 0 Å². The summed E-state index contributed by atoms with van der Waals surface area (Å²) in [6.45, 7) is 5.42. The van der Waals surface area contributed by atoms with E-state index in [0.717, 1.165) is 17.7 Å². The van der Waals surface area contributed by atoms with Gasteiger partial charge in [-0.2, -0.15) is 0 Å². The number of carbonyl (C=O) groups excluding carboxylic acids is 1. The molecular formula is C22H29N3O4. The van der Waals surface area contributed by atoms with Crippen LogP contribution in [0.1, 0.15) is 48.0 Å². The lowest BCUT2D eigenvalue weighted by molar-refractivity contribution is -0.147. The van der Waals surface area contributed by atoms with Crippen molar-refractivity contribution in [2.24, 2.45) is 0 Å². The van der Waals surface area contributed by atoms with E-state index < -0.39 is 6.10 Å². The maximum atomic E-state index is 12.6. The van der Waals surface area contributed by atoms with Crippen LogP contribution in [-0.2, 0) is 28.9 Å². The lowest BCUT2D eigenvalue weighted by atomic mass is 10.0. The molecule has 2 N–H and O–H groups in total. The summed E-state index contributed by atoms with van der Waals surface area (Å²) in [7, 11) is 0. The Kier molecular flexibility index (Phi) is 7.17. The number of carbonyl (C=O) groups is 1. The molecule has 2 heterocycles. The Morgan fingerprint density at radius 1 is 1.38 bits per heavy atom. The SMILES string of the molecule is CCCC(=O)OCC(O)CN1CCc2nc(Cc3ccccc3C)[nH]c(=O)c2C1. The molecule has 2 aromatic rings. The number of rotatable bonds is 8. The fraction of sp³-hybridized carbons (Fsp3) is 0.500. The van der Waals surface area contributed by atoms with Crippen LogP contribution in [0.25, 0.3) is 0 Å². The van der Waals surface area contributed by atoms with Gasteiger partial charge >= 0.3 is 5.97 Å². The summed E-state index contributed by atoms with van der Waals surface area (Å²) in [6, 6.07) is 8.08. The monoisotopic (exact) mass is 399 g/mol. The molecule has 1 aromatic carbocycles. The maximum Gasteiger partial charge on any atom is 0.305 e. The van der Waals surface area contributed by atoms with Crippen LogP contribution in [0, 0.1) is 6.92 Å². The molecule has 29 heavy (non-hydrogen) atoms. The van der Waals surface area contributed by atoms with Crippen molar-refractivity contribution in [3.63, 3.8) is 0 Å². The number of esters is 1. The van der Waals surface area contributed by atoms with E-state index in [9.17, 15) is 14.7 Å². The number of aliphatic hydroxyl groups excluding tert-OH is 1. The molecule has 7 nitrogen and oxygen atoms in total. The summed E-state index contributed by atoms with van der Waals surface area (Å²) in [5.74, 6) is 0.386. The van der Waals surface area contributed by atoms with Crippen LogP contribution in [-0.4, -0.2) is 51.7 Å². The van der Waals surface area contributed by atoms with Crippen LogP contribution < -0.4 is 5.56 Å². The average Bonchev–Trinajstić information content (AvgIpc) is 2.69. The minimum Gasteiger partial charge on any atom is -0.463 e. The minimum atomic E-state index is -0.773. The Hall–Kier alpha value is -2.51. The molecule has 0 radical (unpaired) electrons.